The van der Waals surface area contributed by atoms with Gasteiger partial charge in [0.1, 0.15) is 0 Å². The van der Waals surface area contributed by atoms with Crippen molar-refractivity contribution >= 4 is 40.6 Å². The number of thiophene rings is 2. The van der Waals surface area contributed by atoms with Crippen molar-refractivity contribution in [2.75, 3.05) is 0 Å². The lowest BCUT2D eigenvalue weighted by molar-refractivity contribution is -0.131. The minimum atomic E-state index is -0.985. The summed E-state index contributed by atoms with van der Waals surface area (Å²) in [4.78, 5) is 25.4. The number of carboxylic acids is 1. The Morgan fingerprint density at radius 1 is 1.38 bits per heavy atom. The van der Waals surface area contributed by atoms with Gasteiger partial charge in [0, 0.05) is 15.8 Å². The van der Waals surface area contributed by atoms with Crippen molar-refractivity contribution in [3.8, 4) is 0 Å². The first-order chi connectivity index (χ1) is 9.97. The number of aliphatic carboxylic acids is 1. The van der Waals surface area contributed by atoms with Crippen LogP contribution in [0.5, 0.6) is 0 Å². The third-order valence-corrected chi connectivity index (χ3v) is 5.07. The molecule has 110 valence electrons. The van der Waals surface area contributed by atoms with Gasteiger partial charge in [-0.2, -0.15) is 0 Å². The summed E-state index contributed by atoms with van der Waals surface area (Å²) in [5, 5.41) is 13.4. The van der Waals surface area contributed by atoms with E-state index in [9.17, 15) is 9.59 Å². The first-order valence-corrected chi connectivity index (χ1v) is 7.99. The molecule has 0 fully saturated rings. The molecule has 0 saturated carbocycles. The molecular weight excluding hydrogens is 306 g/mol. The summed E-state index contributed by atoms with van der Waals surface area (Å²) in [6.07, 6.45) is 2.64. The van der Waals surface area contributed by atoms with Gasteiger partial charge in [-0.1, -0.05) is 0 Å². The average Bonchev–Trinajstić information content (AvgIpc) is 3.01. The second kappa shape index (κ2) is 6.69. The van der Waals surface area contributed by atoms with E-state index in [2.05, 4.69) is 5.32 Å². The normalized spacial score (nSPS) is 11.0. The lowest BCUT2D eigenvalue weighted by atomic mass is 10.2. The molecule has 21 heavy (non-hydrogen) atoms. The molecule has 0 radical (unpaired) electrons. The Balaban J connectivity index is 2.02. The largest absolute Gasteiger partial charge is 0.478 e. The molecule has 2 rings (SSSR count). The van der Waals surface area contributed by atoms with Gasteiger partial charge in [-0.3, -0.25) is 4.79 Å². The second-order valence-electron chi connectivity index (χ2n) is 4.50. The number of carboxylic acid groups (broad SMARTS) is 1. The van der Waals surface area contributed by atoms with E-state index in [0.717, 1.165) is 27.0 Å². The summed E-state index contributed by atoms with van der Waals surface area (Å²) < 4.78 is 0. The monoisotopic (exact) mass is 321 g/mol. The topological polar surface area (TPSA) is 66.4 Å². The van der Waals surface area contributed by atoms with E-state index in [-0.39, 0.29) is 5.91 Å². The lowest BCUT2D eigenvalue weighted by Gasteiger charge is -2.03. The van der Waals surface area contributed by atoms with Crippen LogP contribution in [0.2, 0.25) is 0 Å². The Morgan fingerprint density at radius 3 is 2.76 bits per heavy atom. The Morgan fingerprint density at radius 2 is 2.14 bits per heavy atom. The lowest BCUT2D eigenvalue weighted by Crippen LogP contribution is -2.21. The number of hydrogen-bond donors (Lipinski definition) is 2. The molecular formula is C15H15NO3S2. The molecule has 0 saturated heterocycles. The number of carbonyl (C=O) groups is 2. The fourth-order valence-corrected chi connectivity index (χ4v) is 3.49. The van der Waals surface area contributed by atoms with Gasteiger partial charge < -0.3 is 10.4 Å². The molecule has 0 aliphatic carbocycles. The Hall–Kier alpha value is -1.92. The van der Waals surface area contributed by atoms with E-state index in [0.29, 0.717) is 11.4 Å². The van der Waals surface area contributed by atoms with Gasteiger partial charge in [-0.25, -0.2) is 4.79 Å². The summed E-state index contributed by atoms with van der Waals surface area (Å²) in [5.74, 6) is -1.08. The van der Waals surface area contributed by atoms with Crippen LogP contribution < -0.4 is 5.32 Å². The van der Waals surface area contributed by atoms with Crippen molar-refractivity contribution in [3.63, 3.8) is 0 Å². The van der Waals surface area contributed by atoms with Crippen LogP contribution in [-0.4, -0.2) is 17.0 Å². The van der Waals surface area contributed by atoms with Crippen LogP contribution in [0.1, 0.15) is 30.6 Å². The molecule has 0 atom stereocenters. The highest BCUT2D eigenvalue weighted by molar-refractivity contribution is 7.14. The molecule has 0 bridgehead atoms. The fourth-order valence-electron chi connectivity index (χ4n) is 1.74. The van der Waals surface area contributed by atoms with Crippen molar-refractivity contribution in [1.82, 2.24) is 5.32 Å². The molecule has 2 aromatic rings. The van der Waals surface area contributed by atoms with E-state index in [1.54, 1.807) is 6.08 Å². The molecule has 2 aromatic heterocycles. The van der Waals surface area contributed by atoms with Crippen LogP contribution in [-0.2, 0) is 11.3 Å². The summed E-state index contributed by atoms with van der Waals surface area (Å²) in [7, 11) is 0. The van der Waals surface area contributed by atoms with E-state index in [1.807, 2.05) is 31.4 Å². The zero-order valence-corrected chi connectivity index (χ0v) is 13.3. The maximum absolute atomic E-state index is 12.1. The van der Waals surface area contributed by atoms with Crippen LogP contribution in [0.3, 0.4) is 0 Å². The van der Waals surface area contributed by atoms with Gasteiger partial charge in [0.05, 0.1) is 11.4 Å². The first kappa shape index (κ1) is 15.5. The minimum absolute atomic E-state index is 0.0993. The standard InChI is InChI=1S/C15H15NO3S2/c1-9-7-12(21-10(9)2)15(19)16-8-13-11(5-6-20-13)3-4-14(17)18/h3-7H,8H2,1-2H3,(H,16,19)(H,17,18)/b4-3+. The summed E-state index contributed by atoms with van der Waals surface area (Å²) in [6, 6.07) is 3.72. The number of hydrogen-bond acceptors (Lipinski definition) is 4. The molecule has 0 unspecified atom stereocenters. The third kappa shape index (κ3) is 4.03. The van der Waals surface area contributed by atoms with Crippen molar-refractivity contribution < 1.29 is 14.7 Å². The Labute approximate surface area is 130 Å². The SMILES string of the molecule is Cc1cc(C(=O)NCc2sccc2/C=C/C(=O)O)sc1C. The zero-order chi connectivity index (χ0) is 15.4. The predicted octanol–water partition coefficient (Wildman–Crippen LogP) is 3.45. The maximum Gasteiger partial charge on any atom is 0.328 e. The van der Waals surface area contributed by atoms with Gasteiger partial charge in [0.15, 0.2) is 0 Å². The Kier molecular flexibility index (Phi) is 4.93. The number of carbonyl (C=O) groups excluding carboxylic acids is 1. The predicted molar refractivity (Wildman–Crippen MR) is 86.0 cm³/mol. The van der Waals surface area contributed by atoms with E-state index in [1.165, 1.54) is 22.7 Å². The Bertz CT molecular complexity index is 678. The van der Waals surface area contributed by atoms with Gasteiger partial charge in [-0.05, 0) is 48.6 Å². The molecule has 4 nitrogen and oxygen atoms in total. The summed E-state index contributed by atoms with van der Waals surface area (Å²) in [6.45, 7) is 4.37. The van der Waals surface area contributed by atoms with Crippen LogP contribution in [0, 0.1) is 13.8 Å². The summed E-state index contributed by atoms with van der Waals surface area (Å²) >= 11 is 2.97. The molecule has 1 amide bonds. The van der Waals surface area contributed by atoms with Crippen LogP contribution >= 0.6 is 22.7 Å². The van der Waals surface area contributed by atoms with Crippen molar-refractivity contribution in [3.05, 3.63) is 49.3 Å². The van der Waals surface area contributed by atoms with Crippen molar-refractivity contribution in [2.45, 2.75) is 20.4 Å². The number of rotatable bonds is 5. The molecule has 2 N–H and O–H groups in total. The highest BCUT2D eigenvalue weighted by atomic mass is 32.1. The van der Waals surface area contributed by atoms with Gasteiger partial charge in [-0.15, -0.1) is 22.7 Å². The zero-order valence-electron chi connectivity index (χ0n) is 11.7. The molecule has 0 spiro atoms. The van der Waals surface area contributed by atoms with Crippen molar-refractivity contribution in [2.24, 2.45) is 0 Å². The molecule has 6 heteroatoms. The molecule has 0 aliphatic heterocycles. The van der Waals surface area contributed by atoms with Gasteiger partial charge >= 0.3 is 5.97 Å². The highest BCUT2D eigenvalue weighted by Crippen LogP contribution is 2.21. The quantitative estimate of drug-likeness (QED) is 0.829. The number of nitrogens with one attached hydrogen (secondary N) is 1. The van der Waals surface area contributed by atoms with Gasteiger partial charge in [0.25, 0.3) is 5.91 Å². The second-order valence-corrected chi connectivity index (χ2v) is 6.76. The number of amides is 1. The first-order valence-electron chi connectivity index (χ1n) is 6.30. The van der Waals surface area contributed by atoms with Crippen molar-refractivity contribution in [1.29, 1.82) is 0 Å². The average molecular weight is 321 g/mol. The van der Waals surface area contributed by atoms with E-state index in [4.69, 9.17) is 5.11 Å². The number of aryl methyl sites for hydroxylation is 2. The third-order valence-electron chi connectivity index (χ3n) is 2.98. The van der Waals surface area contributed by atoms with E-state index < -0.39 is 5.97 Å². The fraction of sp³-hybridized carbons (Fsp3) is 0.200. The smallest absolute Gasteiger partial charge is 0.328 e. The van der Waals surface area contributed by atoms with Gasteiger partial charge in [0.2, 0.25) is 0 Å². The molecule has 0 aliphatic rings. The molecule has 0 aromatic carbocycles. The van der Waals surface area contributed by atoms with Crippen LogP contribution in [0.15, 0.2) is 23.6 Å². The highest BCUT2D eigenvalue weighted by Gasteiger charge is 2.11. The summed E-state index contributed by atoms with van der Waals surface area (Å²) in [5.41, 5.74) is 1.94. The van der Waals surface area contributed by atoms with Crippen LogP contribution in [0.4, 0.5) is 0 Å². The van der Waals surface area contributed by atoms with E-state index >= 15 is 0 Å². The molecule has 2 heterocycles. The maximum atomic E-state index is 12.1. The minimum Gasteiger partial charge on any atom is -0.478 e. The van der Waals surface area contributed by atoms with Crippen LogP contribution in [0.25, 0.3) is 6.08 Å².